The van der Waals surface area contributed by atoms with Gasteiger partial charge in [0, 0.05) is 22.8 Å². The highest BCUT2D eigenvalue weighted by Gasteiger charge is 2.28. The third-order valence-corrected chi connectivity index (χ3v) is 3.12. The van der Waals surface area contributed by atoms with E-state index < -0.39 is 0 Å². The molecule has 0 aliphatic heterocycles. The first-order valence-corrected chi connectivity index (χ1v) is 5.63. The van der Waals surface area contributed by atoms with Crippen molar-refractivity contribution in [1.82, 2.24) is 10.3 Å². The molecule has 1 aromatic rings. The van der Waals surface area contributed by atoms with Gasteiger partial charge in [-0.3, -0.25) is 4.79 Å². The summed E-state index contributed by atoms with van der Waals surface area (Å²) in [7, 11) is 0. The van der Waals surface area contributed by atoms with Crippen LogP contribution in [-0.4, -0.2) is 23.0 Å². The number of rotatable bonds is 2. The van der Waals surface area contributed by atoms with Crippen LogP contribution in [0.1, 0.15) is 23.3 Å². The fraction of sp³-hybridized carbons (Fsp3) is 0.400. The smallest absolute Gasteiger partial charge is 0.271 e. The Bertz CT molecular complexity index is 377. The van der Waals surface area contributed by atoms with E-state index in [1.807, 2.05) is 0 Å². The van der Waals surface area contributed by atoms with Gasteiger partial charge in [-0.05, 0) is 40.9 Å². The number of hydrogen-bond acceptors (Lipinski definition) is 3. The minimum absolute atomic E-state index is 0.139. The number of amides is 1. The Kier molecular flexibility index (Phi) is 3.02. The van der Waals surface area contributed by atoms with Crippen molar-refractivity contribution in [1.29, 1.82) is 0 Å². The molecule has 1 heterocycles. The van der Waals surface area contributed by atoms with E-state index in [2.05, 4.69) is 26.2 Å². The van der Waals surface area contributed by atoms with E-state index in [4.69, 9.17) is 5.73 Å². The van der Waals surface area contributed by atoms with Crippen LogP contribution in [0.25, 0.3) is 0 Å². The monoisotopic (exact) mass is 269 g/mol. The zero-order chi connectivity index (χ0) is 10.8. The van der Waals surface area contributed by atoms with Gasteiger partial charge in [0.25, 0.3) is 5.91 Å². The fourth-order valence-corrected chi connectivity index (χ4v) is 2.02. The summed E-state index contributed by atoms with van der Waals surface area (Å²) in [5, 5.41) is 2.89. The molecule has 1 aliphatic carbocycles. The van der Waals surface area contributed by atoms with E-state index in [0.717, 1.165) is 12.8 Å². The number of pyridine rings is 1. The first-order valence-electron chi connectivity index (χ1n) is 4.84. The molecular formula is C10H12BrN3O. The maximum absolute atomic E-state index is 11.7. The summed E-state index contributed by atoms with van der Waals surface area (Å²) in [5.74, 6) is -0.139. The molecule has 2 rings (SSSR count). The van der Waals surface area contributed by atoms with Crippen molar-refractivity contribution in [3.8, 4) is 0 Å². The number of hydrogen-bond donors (Lipinski definition) is 2. The van der Waals surface area contributed by atoms with Crippen molar-refractivity contribution < 1.29 is 4.79 Å². The first-order chi connectivity index (χ1) is 7.16. The molecule has 1 aromatic heterocycles. The van der Waals surface area contributed by atoms with E-state index in [1.165, 1.54) is 0 Å². The van der Waals surface area contributed by atoms with Gasteiger partial charge in [-0.1, -0.05) is 0 Å². The number of nitrogens with zero attached hydrogens (tertiary/aromatic N) is 1. The maximum atomic E-state index is 11.7. The largest absolute Gasteiger partial charge is 0.348 e. The molecule has 0 radical (unpaired) electrons. The highest BCUT2D eigenvalue weighted by atomic mass is 79.9. The normalized spacial score (nSPS) is 24.4. The highest BCUT2D eigenvalue weighted by Crippen LogP contribution is 2.19. The average molecular weight is 270 g/mol. The second kappa shape index (κ2) is 4.28. The van der Waals surface area contributed by atoms with Gasteiger partial charge in [-0.2, -0.15) is 0 Å². The Hall–Kier alpha value is -0.940. The predicted octanol–water partition coefficient (Wildman–Crippen LogP) is 1.06. The Morgan fingerprint density at radius 2 is 2.33 bits per heavy atom. The lowest BCUT2D eigenvalue weighted by Crippen LogP contribution is -2.50. The Labute approximate surface area is 96.4 Å². The molecule has 1 saturated carbocycles. The van der Waals surface area contributed by atoms with E-state index in [9.17, 15) is 4.79 Å². The summed E-state index contributed by atoms with van der Waals surface area (Å²) in [6.45, 7) is 0. The van der Waals surface area contributed by atoms with Gasteiger partial charge in [0.2, 0.25) is 0 Å². The summed E-state index contributed by atoms with van der Waals surface area (Å²) in [4.78, 5) is 15.7. The number of nitrogens with two attached hydrogens (primary N) is 1. The van der Waals surface area contributed by atoms with Gasteiger partial charge in [-0.15, -0.1) is 0 Å². The molecule has 0 spiro atoms. The average Bonchev–Trinajstić information content (AvgIpc) is 2.16. The van der Waals surface area contributed by atoms with E-state index >= 15 is 0 Å². The Balaban J connectivity index is 1.99. The van der Waals surface area contributed by atoms with Crippen molar-refractivity contribution in [3.05, 3.63) is 28.5 Å². The second-order valence-corrected chi connectivity index (χ2v) is 4.59. The molecular weight excluding hydrogens is 258 g/mol. The lowest BCUT2D eigenvalue weighted by atomic mass is 9.87. The number of carbonyl (C=O) groups is 1. The SMILES string of the molecule is NC1CC(NC(=O)c2ncccc2Br)C1. The van der Waals surface area contributed by atoms with Crippen molar-refractivity contribution in [2.75, 3.05) is 0 Å². The van der Waals surface area contributed by atoms with E-state index in [0.29, 0.717) is 10.2 Å². The second-order valence-electron chi connectivity index (χ2n) is 3.74. The zero-order valence-corrected chi connectivity index (χ0v) is 9.70. The van der Waals surface area contributed by atoms with Gasteiger partial charge in [0.05, 0.1) is 0 Å². The summed E-state index contributed by atoms with van der Waals surface area (Å²) in [6, 6.07) is 4.03. The molecule has 1 fully saturated rings. The lowest BCUT2D eigenvalue weighted by Gasteiger charge is -2.32. The van der Waals surface area contributed by atoms with Gasteiger partial charge < -0.3 is 11.1 Å². The van der Waals surface area contributed by atoms with Crippen molar-refractivity contribution in [2.24, 2.45) is 5.73 Å². The summed E-state index contributed by atoms with van der Waals surface area (Å²) in [6.07, 6.45) is 3.32. The maximum Gasteiger partial charge on any atom is 0.271 e. The molecule has 0 aromatic carbocycles. The van der Waals surface area contributed by atoms with Crippen LogP contribution in [0.2, 0.25) is 0 Å². The lowest BCUT2D eigenvalue weighted by molar-refractivity contribution is 0.0904. The number of carbonyl (C=O) groups excluding carboxylic acids is 1. The first kappa shape index (κ1) is 10.6. The van der Waals surface area contributed by atoms with Crippen molar-refractivity contribution in [2.45, 2.75) is 24.9 Å². The topological polar surface area (TPSA) is 68.0 Å². The number of nitrogens with one attached hydrogen (secondary N) is 1. The van der Waals surface area contributed by atoms with Crippen LogP contribution in [0.3, 0.4) is 0 Å². The van der Waals surface area contributed by atoms with Crippen LogP contribution >= 0.6 is 15.9 Å². The van der Waals surface area contributed by atoms with Gasteiger partial charge >= 0.3 is 0 Å². The predicted molar refractivity (Wildman–Crippen MR) is 60.4 cm³/mol. The molecule has 3 N–H and O–H groups in total. The van der Waals surface area contributed by atoms with E-state index in [1.54, 1.807) is 18.3 Å². The van der Waals surface area contributed by atoms with Crippen LogP contribution in [0, 0.1) is 0 Å². The number of aromatic nitrogens is 1. The highest BCUT2D eigenvalue weighted by molar-refractivity contribution is 9.10. The molecule has 0 bridgehead atoms. The molecule has 1 aliphatic rings. The number of halogens is 1. The Morgan fingerprint density at radius 1 is 1.60 bits per heavy atom. The summed E-state index contributed by atoms with van der Waals surface area (Å²) < 4.78 is 0.714. The molecule has 0 saturated heterocycles. The van der Waals surface area contributed by atoms with Crippen LogP contribution in [0.15, 0.2) is 22.8 Å². The third kappa shape index (κ3) is 2.35. The molecule has 15 heavy (non-hydrogen) atoms. The molecule has 80 valence electrons. The van der Waals surface area contributed by atoms with Gasteiger partial charge in [-0.25, -0.2) is 4.98 Å². The summed E-state index contributed by atoms with van der Waals surface area (Å²) in [5.41, 5.74) is 6.07. The van der Waals surface area contributed by atoms with Crippen molar-refractivity contribution in [3.63, 3.8) is 0 Å². The Morgan fingerprint density at radius 3 is 2.93 bits per heavy atom. The van der Waals surface area contributed by atoms with E-state index in [-0.39, 0.29) is 18.0 Å². The van der Waals surface area contributed by atoms with Crippen LogP contribution in [-0.2, 0) is 0 Å². The quantitative estimate of drug-likeness (QED) is 0.844. The van der Waals surface area contributed by atoms with Crippen LogP contribution in [0.4, 0.5) is 0 Å². The minimum Gasteiger partial charge on any atom is -0.348 e. The van der Waals surface area contributed by atoms with Crippen LogP contribution < -0.4 is 11.1 Å². The van der Waals surface area contributed by atoms with Gasteiger partial charge in [0.1, 0.15) is 5.69 Å². The minimum atomic E-state index is -0.139. The molecule has 0 atom stereocenters. The zero-order valence-electron chi connectivity index (χ0n) is 8.11. The molecule has 1 amide bonds. The van der Waals surface area contributed by atoms with Crippen molar-refractivity contribution >= 4 is 21.8 Å². The van der Waals surface area contributed by atoms with Crippen LogP contribution in [0.5, 0.6) is 0 Å². The summed E-state index contributed by atoms with van der Waals surface area (Å²) >= 11 is 3.29. The molecule has 0 unspecified atom stereocenters. The van der Waals surface area contributed by atoms with Gasteiger partial charge in [0.15, 0.2) is 0 Å². The third-order valence-electron chi connectivity index (χ3n) is 2.48. The standard InChI is InChI=1S/C10H12BrN3O/c11-8-2-1-3-13-9(8)10(15)14-7-4-6(12)5-7/h1-3,6-7H,4-5,12H2,(H,14,15). The fourth-order valence-electron chi connectivity index (χ4n) is 1.59. The molecule has 4 nitrogen and oxygen atoms in total. The molecule has 5 heteroatoms.